The van der Waals surface area contributed by atoms with Crippen LogP contribution in [-0.2, 0) is 21.8 Å². The van der Waals surface area contributed by atoms with Crippen LogP contribution >= 0.6 is 11.8 Å². The van der Waals surface area contributed by atoms with E-state index in [4.69, 9.17) is 0 Å². The van der Waals surface area contributed by atoms with Crippen LogP contribution in [0.2, 0.25) is 0 Å². The smallest absolute Gasteiger partial charge is 0.0904 e. The van der Waals surface area contributed by atoms with Gasteiger partial charge in [0.25, 0.3) is 0 Å². The van der Waals surface area contributed by atoms with E-state index in [1.807, 2.05) is 25.6 Å². The molecule has 0 nitrogen and oxygen atoms in total. The van der Waals surface area contributed by atoms with Crippen molar-refractivity contribution in [3.63, 3.8) is 0 Å². The molecule has 1 atom stereocenters. The van der Waals surface area contributed by atoms with Crippen LogP contribution < -0.4 is 0 Å². The average molecular weight is 603 g/mol. The summed E-state index contributed by atoms with van der Waals surface area (Å²) in [5.74, 6) is 0. The normalized spacial score (nSPS) is 14.6. The first-order valence-electron chi connectivity index (χ1n) is 14.7. The van der Waals surface area contributed by atoms with E-state index in [1.54, 1.807) is 0 Å². The first kappa shape index (κ1) is 30.1. The second kappa shape index (κ2) is 15.7. The third-order valence-corrected chi connectivity index (χ3v) is 12.7. The van der Waals surface area contributed by atoms with E-state index in [1.165, 1.54) is 34.3 Å². The second-order valence-corrected chi connectivity index (χ2v) is 14.9. The molecule has 1 aliphatic rings. The number of hydrogen-bond donors (Lipinski definition) is 0. The van der Waals surface area contributed by atoms with E-state index in [0.29, 0.717) is 5.25 Å². The van der Waals surface area contributed by atoms with E-state index < -0.39 is 0 Å². The lowest BCUT2D eigenvalue weighted by molar-refractivity contribution is 0.880. The molecule has 0 saturated carbocycles. The van der Waals surface area contributed by atoms with Gasteiger partial charge in [0.1, 0.15) is 5.25 Å². The molecule has 3 heteroatoms. The molecule has 6 rings (SSSR count). The second-order valence-electron chi connectivity index (χ2n) is 9.55. The number of benzene rings is 5. The Morgan fingerprint density at radius 2 is 0.952 bits per heavy atom. The van der Waals surface area contributed by atoms with Crippen LogP contribution in [0.25, 0.3) is 0 Å². The minimum absolute atomic E-state index is 0.0164. The maximum absolute atomic E-state index is 2.46. The van der Waals surface area contributed by atoms with Crippen molar-refractivity contribution in [2.45, 2.75) is 61.3 Å². The summed E-state index contributed by atoms with van der Waals surface area (Å²) in [6.45, 7) is 4.00. The third kappa shape index (κ3) is 7.72. The van der Waals surface area contributed by atoms with Crippen molar-refractivity contribution in [2.24, 2.45) is 0 Å². The molecule has 0 spiro atoms. The van der Waals surface area contributed by atoms with Crippen LogP contribution in [0.5, 0.6) is 0 Å². The van der Waals surface area contributed by atoms with Gasteiger partial charge in [-0.05, 0) is 91.4 Å². The molecule has 1 aliphatic carbocycles. The fourth-order valence-corrected chi connectivity index (χ4v) is 10.4. The fourth-order valence-electron chi connectivity index (χ4n) is 4.95. The molecule has 0 heterocycles. The third-order valence-electron chi connectivity index (χ3n) is 6.82. The van der Waals surface area contributed by atoms with Gasteiger partial charge in [-0.3, -0.25) is 0 Å². The predicted octanol–water partition coefficient (Wildman–Crippen LogP) is 11.2. The Hall–Kier alpha value is -3.37. The van der Waals surface area contributed by atoms with Crippen LogP contribution in [0.1, 0.15) is 26.7 Å². The first-order valence-corrected chi connectivity index (χ1v) is 18.0. The Labute approximate surface area is 262 Å². The molecule has 0 fully saturated rings. The van der Waals surface area contributed by atoms with Gasteiger partial charge in [0.2, 0.25) is 0 Å². The van der Waals surface area contributed by atoms with Gasteiger partial charge in [-0.1, -0.05) is 104 Å². The molecule has 0 amide bonds. The molecular weight excluding hydrogens is 565 g/mol. The highest BCUT2D eigenvalue weighted by Gasteiger charge is 2.34. The van der Waals surface area contributed by atoms with Gasteiger partial charge in [0.15, 0.2) is 24.5 Å². The SMILES string of the molecule is C1=CC([S+](c2ccccc2)c2ccccc2)CCC=C1Sc1ccc([S+](c2ccccc2)c2ccccc2)cc1.CC. The first-order chi connectivity index (χ1) is 20.8. The minimum Gasteiger partial charge on any atom is -0.0904 e. The molecule has 0 aromatic heterocycles. The molecule has 5 aromatic carbocycles. The lowest BCUT2D eigenvalue weighted by atomic mass is 10.2. The van der Waals surface area contributed by atoms with Crippen LogP contribution in [-0.4, -0.2) is 5.25 Å². The molecular formula is C39H38S3+2. The van der Waals surface area contributed by atoms with Gasteiger partial charge >= 0.3 is 0 Å². The van der Waals surface area contributed by atoms with E-state index in [9.17, 15) is 0 Å². The molecule has 1 unspecified atom stereocenters. The molecule has 0 N–H and O–H groups in total. The van der Waals surface area contributed by atoms with Crippen molar-refractivity contribution < 1.29 is 0 Å². The van der Waals surface area contributed by atoms with E-state index >= 15 is 0 Å². The number of allylic oxidation sites excluding steroid dienone is 2. The highest BCUT2D eigenvalue weighted by Crippen LogP contribution is 2.37. The molecule has 42 heavy (non-hydrogen) atoms. The van der Waals surface area contributed by atoms with Crippen molar-refractivity contribution in [3.8, 4) is 0 Å². The predicted molar refractivity (Wildman–Crippen MR) is 186 cm³/mol. The van der Waals surface area contributed by atoms with Crippen molar-refractivity contribution in [1.29, 1.82) is 0 Å². The molecule has 0 saturated heterocycles. The van der Waals surface area contributed by atoms with Gasteiger partial charge < -0.3 is 0 Å². The number of hydrogen-bond acceptors (Lipinski definition) is 1. The van der Waals surface area contributed by atoms with Gasteiger partial charge in [-0.25, -0.2) is 0 Å². The Balaban J connectivity index is 0.00000173. The lowest BCUT2D eigenvalue weighted by Gasteiger charge is -2.15. The largest absolute Gasteiger partial charge is 0.166 e. The molecule has 5 aromatic rings. The summed E-state index contributed by atoms with van der Waals surface area (Å²) in [5.41, 5.74) is 0. The molecule has 0 aliphatic heterocycles. The number of rotatable bonds is 8. The van der Waals surface area contributed by atoms with Crippen LogP contribution in [0.4, 0.5) is 0 Å². The van der Waals surface area contributed by atoms with Gasteiger partial charge in [-0.15, -0.1) is 0 Å². The van der Waals surface area contributed by atoms with E-state index in [2.05, 4.69) is 164 Å². The van der Waals surface area contributed by atoms with Gasteiger partial charge in [0, 0.05) is 16.2 Å². The molecule has 210 valence electrons. The summed E-state index contributed by atoms with van der Waals surface area (Å²) in [4.78, 5) is 9.51. The number of thioether (sulfide) groups is 1. The topological polar surface area (TPSA) is 0 Å². The van der Waals surface area contributed by atoms with Gasteiger partial charge in [0.05, 0.1) is 21.8 Å². The summed E-state index contributed by atoms with van der Waals surface area (Å²) >= 11 is 1.88. The van der Waals surface area contributed by atoms with E-state index in [-0.39, 0.29) is 21.8 Å². The highest BCUT2D eigenvalue weighted by atomic mass is 32.2. The quantitative estimate of drug-likeness (QED) is 0.159. The van der Waals surface area contributed by atoms with Crippen LogP contribution in [0.15, 0.2) is 198 Å². The summed E-state index contributed by atoms with van der Waals surface area (Å²) in [6, 6.07) is 53.0. The van der Waals surface area contributed by atoms with Crippen molar-refractivity contribution in [2.75, 3.05) is 0 Å². The Bertz CT molecular complexity index is 1470. The zero-order valence-electron chi connectivity index (χ0n) is 24.3. The Kier molecular flexibility index (Phi) is 11.3. The Morgan fingerprint density at radius 1 is 0.524 bits per heavy atom. The summed E-state index contributed by atoms with van der Waals surface area (Å²) in [7, 11) is -0.0996. The molecule has 0 radical (unpaired) electrons. The highest BCUT2D eigenvalue weighted by molar-refractivity contribution is 8.03. The van der Waals surface area contributed by atoms with Crippen molar-refractivity contribution in [1.82, 2.24) is 0 Å². The molecule has 0 bridgehead atoms. The summed E-state index contributed by atoms with van der Waals surface area (Å²) in [5, 5.41) is 0.486. The maximum Gasteiger partial charge on any atom is 0.166 e. The summed E-state index contributed by atoms with van der Waals surface area (Å²) in [6.07, 6.45) is 9.49. The van der Waals surface area contributed by atoms with Crippen LogP contribution in [0.3, 0.4) is 0 Å². The zero-order chi connectivity index (χ0) is 29.0. The Morgan fingerprint density at radius 3 is 1.43 bits per heavy atom. The van der Waals surface area contributed by atoms with Crippen molar-refractivity contribution in [3.05, 3.63) is 169 Å². The van der Waals surface area contributed by atoms with E-state index in [0.717, 1.165) is 12.8 Å². The van der Waals surface area contributed by atoms with Gasteiger partial charge in [-0.2, -0.15) is 0 Å². The minimum atomic E-state index is -0.116. The summed E-state index contributed by atoms with van der Waals surface area (Å²) < 4.78 is 0. The maximum atomic E-state index is 2.46. The van der Waals surface area contributed by atoms with Crippen LogP contribution in [0, 0.1) is 0 Å². The average Bonchev–Trinajstić information content (AvgIpc) is 3.30. The lowest BCUT2D eigenvalue weighted by Crippen LogP contribution is -2.20. The monoisotopic (exact) mass is 602 g/mol. The van der Waals surface area contributed by atoms with Crippen molar-refractivity contribution >= 4 is 33.6 Å². The standard InChI is InChI=1S/C37H32S3.C2H6/c1-5-15-32(16-6-1)39(33-17-7-2-8-18-33)36-23-13-14-30(24-27-36)38-31-25-28-37(29-26-31)40(34-19-9-3-10-20-34)35-21-11-4-12-22-35;1-2/h1-12,14-22,24-29,36H,13,23H2;1-2H3/q+2;. The zero-order valence-corrected chi connectivity index (χ0v) is 26.8. The fraction of sp³-hybridized carbons (Fsp3) is 0.128.